The van der Waals surface area contributed by atoms with Crippen molar-refractivity contribution >= 4 is 0 Å². The van der Waals surface area contributed by atoms with Crippen LogP contribution in [0.5, 0.6) is 11.5 Å². The number of nitrogens with two attached hydrogens (primary N) is 1. The van der Waals surface area contributed by atoms with Crippen LogP contribution in [0.1, 0.15) is 56.6 Å². The van der Waals surface area contributed by atoms with Gasteiger partial charge in [0.15, 0.2) is 5.75 Å². The minimum Gasteiger partial charge on any atom is -0.454 e. The third-order valence-electron chi connectivity index (χ3n) is 3.33. The molecule has 0 spiro atoms. The third-order valence-corrected chi connectivity index (χ3v) is 3.33. The first-order valence-corrected chi connectivity index (χ1v) is 7.35. The van der Waals surface area contributed by atoms with Crippen LogP contribution in [0.25, 0.3) is 0 Å². The average Bonchev–Trinajstić information content (AvgIpc) is 2.48. The summed E-state index contributed by atoms with van der Waals surface area (Å²) in [5.41, 5.74) is 7.79. The smallest absolute Gasteiger partial charge is 0.168 e. The molecule has 0 aliphatic carbocycles. The number of rotatable bonds is 5. The summed E-state index contributed by atoms with van der Waals surface area (Å²) in [7, 11) is 0. The number of ether oxygens (including phenoxy) is 1. The van der Waals surface area contributed by atoms with E-state index in [2.05, 4.69) is 49.8 Å². The molecule has 21 heavy (non-hydrogen) atoms. The Kier molecular flexibility index (Phi) is 4.91. The number of hydrogen-bond acceptors (Lipinski definition) is 4. The van der Waals surface area contributed by atoms with E-state index < -0.39 is 0 Å². The van der Waals surface area contributed by atoms with Gasteiger partial charge >= 0.3 is 0 Å². The molecule has 2 N–H and O–H groups in total. The predicted octanol–water partition coefficient (Wildman–Crippen LogP) is 3.97. The molecular weight excluding hydrogens is 262 g/mol. The van der Waals surface area contributed by atoms with E-state index in [1.807, 2.05) is 12.1 Å². The van der Waals surface area contributed by atoms with Crippen LogP contribution in [0.2, 0.25) is 0 Å². The Balaban J connectivity index is 2.22. The summed E-state index contributed by atoms with van der Waals surface area (Å²) in [5.74, 6) is 2.97. The molecule has 0 bridgehead atoms. The second-order valence-corrected chi connectivity index (χ2v) is 5.72. The molecule has 0 saturated heterocycles. The van der Waals surface area contributed by atoms with Gasteiger partial charge in [-0.1, -0.05) is 39.8 Å². The molecule has 0 fully saturated rings. The summed E-state index contributed by atoms with van der Waals surface area (Å²) >= 11 is 0. The lowest BCUT2D eigenvalue weighted by atomic mass is 10.0. The van der Waals surface area contributed by atoms with Crippen LogP contribution in [0.3, 0.4) is 0 Å². The van der Waals surface area contributed by atoms with Crippen molar-refractivity contribution in [3.63, 3.8) is 0 Å². The Morgan fingerprint density at radius 3 is 2.24 bits per heavy atom. The molecule has 1 aromatic carbocycles. The summed E-state index contributed by atoms with van der Waals surface area (Å²) in [4.78, 5) is 8.81. The minimum atomic E-state index is 0.273. The SMILES string of the molecule is CC(C)c1ccc(Oc2cnc(C(C)C)nc2CN)cc1. The lowest BCUT2D eigenvalue weighted by Gasteiger charge is -2.12. The molecule has 0 aliphatic rings. The summed E-state index contributed by atoms with van der Waals surface area (Å²) < 4.78 is 5.86. The van der Waals surface area contributed by atoms with E-state index in [4.69, 9.17) is 10.5 Å². The highest BCUT2D eigenvalue weighted by atomic mass is 16.5. The zero-order valence-electron chi connectivity index (χ0n) is 13.1. The van der Waals surface area contributed by atoms with Crippen molar-refractivity contribution in [3.05, 3.63) is 47.5 Å². The molecule has 2 rings (SSSR count). The van der Waals surface area contributed by atoms with E-state index in [0.29, 0.717) is 18.2 Å². The molecule has 0 atom stereocenters. The summed E-state index contributed by atoms with van der Waals surface area (Å²) in [6.07, 6.45) is 1.71. The number of hydrogen-bond donors (Lipinski definition) is 1. The monoisotopic (exact) mass is 285 g/mol. The Bertz CT molecular complexity index is 591. The van der Waals surface area contributed by atoms with Crippen LogP contribution in [0, 0.1) is 0 Å². The fourth-order valence-corrected chi connectivity index (χ4v) is 1.98. The molecule has 1 aromatic heterocycles. The Morgan fingerprint density at radius 1 is 1.05 bits per heavy atom. The zero-order chi connectivity index (χ0) is 15.4. The van der Waals surface area contributed by atoms with E-state index in [1.165, 1.54) is 5.56 Å². The van der Waals surface area contributed by atoms with Crippen molar-refractivity contribution < 1.29 is 4.74 Å². The fraction of sp³-hybridized carbons (Fsp3) is 0.412. The highest BCUT2D eigenvalue weighted by Gasteiger charge is 2.10. The molecule has 0 saturated carbocycles. The summed E-state index contributed by atoms with van der Waals surface area (Å²) in [5, 5.41) is 0. The van der Waals surface area contributed by atoms with Crippen molar-refractivity contribution in [3.8, 4) is 11.5 Å². The molecule has 112 valence electrons. The molecule has 0 radical (unpaired) electrons. The van der Waals surface area contributed by atoms with Gasteiger partial charge in [-0.15, -0.1) is 0 Å². The van der Waals surface area contributed by atoms with Crippen LogP contribution in [-0.4, -0.2) is 9.97 Å². The number of benzene rings is 1. The lowest BCUT2D eigenvalue weighted by Crippen LogP contribution is -2.07. The van der Waals surface area contributed by atoms with E-state index in [0.717, 1.165) is 17.3 Å². The minimum absolute atomic E-state index is 0.273. The van der Waals surface area contributed by atoms with Crippen LogP contribution in [0.4, 0.5) is 0 Å². The van der Waals surface area contributed by atoms with Crippen LogP contribution < -0.4 is 10.5 Å². The highest BCUT2D eigenvalue weighted by molar-refractivity contribution is 5.35. The molecule has 2 aromatic rings. The van der Waals surface area contributed by atoms with Gasteiger partial charge in [0.1, 0.15) is 17.3 Å². The predicted molar refractivity (Wildman–Crippen MR) is 84.6 cm³/mol. The molecule has 4 nitrogen and oxygen atoms in total. The van der Waals surface area contributed by atoms with Gasteiger partial charge in [-0.25, -0.2) is 9.97 Å². The quantitative estimate of drug-likeness (QED) is 0.902. The summed E-state index contributed by atoms with van der Waals surface area (Å²) in [6.45, 7) is 8.78. The first-order valence-electron chi connectivity index (χ1n) is 7.35. The molecule has 4 heteroatoms. The second kappa shape index (κ2) is 6.68. The standard InChI is InChI=1S/C17H23N3O/c1-11(2)13-5-7-14(8-6-13)21-16-10-19-17(12(3)4)20-15(16)9-18/h5-8,10-12H,9,18H2,1-4H3. The van der Waals surface area contributed by atoms with Gasteiger partial charge in [0.2, 0.25) is 0 Å². The van der Waals surface area contributed by atoms with Crippen LogP contribution in [0.15, 0.2) is 30.5 Å². The van der Waals surface area contributed by atoms with Gasteiger partial charge in [-0.3, -0.25) is 0 Å². The first-order chi connectivity index (χ1) is 10.0. The van der Waals surface area contributed by atoms with E-state index in [1.54, 1.807) is 6.20 Å². The van der Waals surface area contributed by atoms with Crippen molar-refractivity contribution in [2.24, 2.45) is 5.73 Å². The van der Waals surface area contributed by atoms with Crippen LogP contribution in [-0.2, 0) is 6.54 Å². The normalized spacial score (nSPS) is 11.2. The number of aromatic nitrogens is 2. The van der Waals surface area contributed by atoms with Gasteiger partial charge < -0.3 is 10.5 Å². The van der Waals surface area contributed by atoms with E-state index >= 15 is 0 Å². The molecule has 0 amide bonds. The van der Waals surface area contributed by atoms with Crippen molar-refractivity contribution in [2.45, 2.75) is 46.1 Å². The highest BCUT2D eigenvalue weighted by Crippen LogP contribution is 2.26. The fourth-order valence-electron chi connectivity index (χ4n) is 1.98. The first kappa shape index (κ1) is 15.4. The topological polar surface area (TPSA) is 61.0 Å². The second-order valence-electron chi connectivity index (χ2n) is 5.72. The van der Waals surface area contributed by atoms with Crippen molar-refractivity contribution in [1.29, 1.82) is 0 Å². The van der Waals surface area contributed by atoms with Crippen molar-refractivity contribution in [2.75, 3.05) is 0 Å². The van der Waals surface area contributed by atoms with Gasteiger partial charge in [0, 0.05) is 12.5 Å². The zero-order valence-corrected chi connectivity index (χ0v) is 13.1. The molecule has 0 aliphatic heterocycles. The van der Waals surface area contributed by atoms with Gasteiger partial charge in [-0.2, -0.15) is 0 Å². The van der Waals surface area contributed by atoms with Gasteiger partial charge in [0.05, 0.1) is 6.20 Å². The van der Waals surface area contributed by atoms with Crippen LogP contribution >= 0.6 is 0 Å². The third kappa shape index (κ3) is 3.79. The largest absolute Gasteiger partial charge is 0.454 e. The molecular formula is C17H23N3O. The maximum Gasteiger partial charge on any atom is 0.168 e. The van der Waals surface area contributed by atoms with E-state index in [-0.39, 0.29) is 5.92 Å². The summed E-state index contributed by atoms with van der Waals surface area (Å²) in [6, 6.07) is 8.08. The lowest BCUT2D eigenvalue weighted by molar-refractivity contribution is 0.467. The Morgan fingerprint density at radius 2 is 1.71 bits per heavy atom. The van der Waals surface area contributed by atoms with Gasteiger partial charge in [-0.05, 0) is 23.6 Å². The van der Waals surface area contributed by atoms with Gasteiger partial charge in [0.25, 0.3) is 0 Å². The average molecular weight is 285 g/mol. The molecule has 0 unspecified atom stereocenters. The molecule has 1 heterocycles. The van der Waals surface area contributed by atoms with Crippen molar-refractivity contribution in [1.82, 2.24) is 9.97 Å². The Hall–Kier alpha value is -1.94. The Labute approximate surface area is 126 Å². The number of nitrogens with zero attached hydrogens (tertiary/aromatic N) is 2. The maximum atomic E-state index is 5.86. The van der Waals surface area contributed by atoms with E-state index in [9.17, 15) is 0 Å². The maximum absolute atomic E-state index is 5.86.